The van der Waals surface area contributed by atoms with Crippen LogP contribution in [0.2, 0.25) is 5.02 Å². The first-order chi connectivity index (χ1) is 11.7. The molecule has 1 aliphatic rings. The third-order valence-electron chi connectivity index (χ3n) is 4.46. The highest BCUT2D eigenvalue weighted by molar-refractivity contribution is 6.37. The second-order valence-corrected chi connectivity index (χ2v) is 6.58. The molecule has 0 radical (unpaired) electrons. The van der Waals surface area contributed by atoms with E-state index in [0.717, 1.165) is 55.9 Å². The van der Waals surface area contributed by atoms with Gasteiger partial charge in [0.25, 0.3) is 0 Å². The van der Waals surface area contributed by atoms with Gasteiger partial charge in [0.1, 0.15) is 12.4 Å². The predicted molar refractivity (Wildman–Crippen MR) is 99.2 cm³/mol. The van der Waals surface area contributed by atoms with Gasteiger partial charge in [-0.1, -0.05) is 41.9 Å². The van der Waals surface area contributed by atoms with E-state index in [2.05, 4.69) is 16.8 Å². The third-order valence-corrected chi connectivity index (χ3v) is 4.85. The molecule has 0 bridgehead atoms. The van der Waals surface area contributed by atoms with E-state index in [1.165, 1.54) is 0 Å². The molecule has 1 aliphatic heterocycles. The molecule has 5 heteroatoms. The lowest BCUT2D eigenvalue weighted by Gasteiger charge is -2.32. The van der Waals surface area contributed by atoms with Gasteiger partial charge in [-0.25, -0.2) is 0 Å². The molecule has 24 heavy (non-hydrogen) atoms. The molecule has 0 amide bonds. The Labute approximate surface area is 148 Å². The molecule has 0 atom stereocenters. The van der Waals surface area contributed by atoms with E-state index >= 15 is 0 Å². The molecule has 0 spiro atoms. The third kappa shape index (κ3) is 4.61. The summed E-state index contributed by atoms with van der Waals surface area (Å²) in [4.78, 5) is 4.81. The summed E-state index contributed by atoms with van der Waals surface area (Å²) in [7, 11) is 2.17. The minimum Gasteiger partial charge on any atom is -0.490 e. The van der Waals surface area contributed by atoms with Crippen LogP contribution in [-0.4, -0.2) is 69.4 Å². The zero-order valence-corrected chi connectivity index (χ0v) is 15.0. The molecule has 0 N–H and O–H groups in total. The predicted octanol–water partition coefficient (Wildman–Crippen LogP) is 3.14. The molecule has 0 aromatic heterocycles. The van der Waals surface area contributed by atoms with Crippen LogP contribution in [-0.2, 0) is 4.74 Å². The van der Waals surface area contributed by atoms with Crippen molar-refractivity contribution in [1.82, 2.24) is 9.80 Å². The van der Waals surface area contributed by atoms with Crippen molar-refractivity contribution in [1.29, 1.82) is 0 Å². The number of piperazine rings is 1. The van der Waals surface area contributed by atoms with E-state index in [9.17, 15) is 0 Å². The SMILES string of the molecule is CN1CCN(CCOCCOc2ccc3ccccc3c2Cl)CC1. The van der Waals surface area contributed by atoms with Crippen LogP contribution in [0.5, 0.6) is 5.75 Å². The summed E-state index contributed by atoms with van der Waals surface area (Å²) in [5, 5.41) is 2.82. The lowest BCUT2D eigenvalue weighted by molar-refractivity contribution is 0.0658. The van der Waals surface area contributed by atoms with E-state index in [1.54, 1.807) is 0 Å². The maximum Gasteiger partial charge on any atom is 0.138 e. The minimum absolute atomic E-state index is 0.515. The van der Waals surface area contributed by atoms with Gasteiger partial charge in [0.05, 0.1) is 18.2 Å². The van der Waals surface area contributed by atoms with Crippen molar-refractivity contribution in [2.24, 2.45) is 0 Å². The van der Waals surface area contributed by atoms with E-state index in [0.29, 0.717) is 18.2 Å². The number of rotatable bonds is 7. The molecule has 2 aromatic carbocycles. The van der Waals surface area contributed by atoms with Crippen molar-refractivity contribution < 1.29 is 9.47 Å². The van der Waals surface area contributed by atoms with Crippen LogP contribution in [0, 0.1) is 0 Å². The van der Waals surface area contributed by atoms with Crippen LogP contribution < -0.4 is 4.74 Å². The van der Waals surface area contributed by atoms with Gasteiger partial charge in [0.15, 0.2) is 0 Å². The lowest BCUT2D eigenvalue weighted by atomic mass is 10.1. The highest BCUT2D eigenvalue weighted by Crippen LogP contribution is 2.32. The van der Waals surface area contributed by atoms with Gasteiger partial charge in [0.2, 0.25) is 0 Å². The van der Waals surface area contributed by atoms with Crippen molar-refractivity contribution in [3.8, 4) is 5.75 Å². The summed E-state index contributed by atoms with van der Waals surface area (Å²) in [5.41, 5.74) is 0. The first kappa shape index (κ1) is 17.5. The average Bonchev–Trinajstić information content (AvgIpc) is 2.61. The number of nitrogens with zero attached hydrogens (tertiary/aromatic N) is 2. The summed E-state index contributed by atoms with van der Waals surface area (Å²) in [6, 6.07) is 12.0. The molecule has 4 nitrogen and oxygen atoms in total. The largest absolute Gasteiger partial charge is 0.490 e. The van der Waals surface area contributed by atoms with Gasteiger partial charge in [-0.2, -0.15) is 0 Å². The van der Waals surface area contributed by atoms with E-state index in [1.807, 2.05) is 36.4 Å². The Balaban J connectivity index is 1.37. The van der Waals surface area contributed by atoms with Crippen LogP contribution in [0.4, 0.5) is 0 Å². The lowest BCUT2D eigenvalue weighted by Crippen LogP contribution is -2.45. The van der Waals surface area contributed by atoms with Gasteiger partial charge >= 0.3 is 0 Å². The Morgan fingerprint density at radius 2 is 1.75 bits per heavy atom. The van der Waals surface area contributed by atoms with E-state index < -0.39 is 0 Å². The maximum atomic E-state index is 6.42. The standard InChI is InChI=1S/C19H25ClN2O2/c1-21-8-10-22(11-9-21)12-13-23-14-15-24-18-7-6-16-4-2-3-5-17(16)19(18)20/h2-7H,8-15H2,1H3. The molecule has 0 unspecified atom stereocenters. The smallest absolute Gasteiger partial charge is 0.138 e. The summed E-state index contributed by atoms with van der Waals surface area (Å²) in [6.07, 6.45) is 0. The van der Waals surface area contributed by atoms with Gasteiger partial charge in [-0.15, -0.1) is 0 Å². The zero-order valence-electron chi connectivity index (χ0n) is 14.2. The molecular formula is C19H25ClN2O2. The number of halogens is 1. The summed E-state index contributed by atoms with van der Waals surface area (Å²) < 4.78 is 11.5. The van der Waals surface area contributed by atoms with Crippen LogP contribution in [0.15, 0.2) is 36.4 Å². The Kier molecular flexibility index (Phi) is 6.32. The van der Waals surface area contributed by atoms with Crippen LogP contribution in [0.3, 0.4) is 0 Å². The van der Waals surface area contributed by atoms with Crippen molar-refractivity contribution in [2.75, 3.05) is 59.6 Å². The van der Waals surface area contributed by atoms with Crippen LogP contribution >= 0.6 is 11.6 Å². The molecule has 0 aliphatic carbocycles. The fourth-order valence-corrected chi connectivity index (χ4v) is 3.19. The van der Waals surface area contributed by atoms with Crippen molar-refractivity contribution in [3.05, 3.63) is 41.4 Å². The van der Waals surface area contributed by atoms with Gasteiger partial charge in [-0.05, 0) is 18.5 Å². The van der Waals surface area contributed by atoms with Crippen LogP contribution in [0.1, 0.15) is 0 Å². The second kappa shape index (κ2) is 8.67. The number of hydrogen-bond donors (Lipinski definition) is 0. The Hall–Kier alpha value is -1.33. The average molecular weight is 349 g/mol. The zero-order chi connectivity index (χ0) is 16.8. The molecule has 1 heterocycles. The second-order valence-electron chi connectivity index (χ2n) is 6.20. The maximum absolute atomic E-state index is 6.42. The molecule has 130 valence electrons. The Bertz CT molecular complexity index is 657. The topological polar surface area (TPSA) is 24.9 Å². The first-order valence-electron chi connectivity index (χ1n) is 8.53. The van der Waals surface area contributed by atoms with Crippen molar-refractivity contribution in [2.45, 2.75) is 0 Å². The fraction of sp³-hybridized carbons (Fsp3) is 0.474. The summed E-state index contributed by atoms with van der Waals surface area (Å²) in [6.45, 7) is 7.38. The normalized spacial score (nSPS) is 16.6. The van der Waals surface area contributed by atoms with Crippen molar-refractivity contribution >= 4 is 22.4 Å². The Morgan fingerprint density at radius 3 is 2.58 bits per heavy atom. The Morgan fingerprint density at radius 1 is 0.958 bits per heavy atom. The molecule has 1 saturated heterocycles. The highest BCUT2D eigenvalue weighted by Gasteiger charge is 2.12. The van der Waals surface area contributed by atoms with Gasteiger partial charge in [-0.3, -0.25) is 4.90 Å². The summed E-state index contributed by atoms with van der Waals surface area (Å²) in [5.74, 6) is 0.720. The quantitative estimate of drug-likeness (QED) is 0.718. The first-order valence-corrected chi connectivity index (χ1v) is 8.90. The molecule has 1 fully saturated rings. The highest BCUT2D eigenvalue weighted by atomic mass is 35.5. The number of ether oxygens (including phenoxy) is 2. The monoisotopic (exact) mass is 348 g/mol. The van der Waals surface area contributed by atoms with Gasteiger partial charge < -0.3 is 14.4 Å². The number of fused-ring (bicyclic) bond motifs is 1. The van der Waals surface area contributed by atoms with Gasteiger partial charge in [0, 0.05) is 38.1 Å². The van der Waals surface area contributed by atoms with E-state index in [4.69, 9.17) is 21.1 Å². The molecule has 3 rings (SSSR count). The molecular weight excluding hydrogens is 324 g/mol. The number of hydrogen-bond acceptors (Lipinski definition) is 4. The minimum atomic E-state index is 0.515. The molecule has 2 aromatic rings. The fourth-order valence-electron chi connectivity index (χ4n) is 2.90. The van der Waals surface area contributed by atoms with Crippen molar-refractivity contribution in [3.63, 3.8) is 0 Å². The van der Waals surface area contributed by atoms with Crippen LogP contribution in [0.25, 0.3) is 10.8 Å². The number of benzene rings is 2. The van der Waals surface area contributed by atoms with E-state index in [-0.39, 0.29) is 0 Å². The molecule has 0 saturated carbocycles. The number of likely N-dealkylation sites (N-methyl/N-ethyl adjacent to an activating group) is 1. The summed E-state index contributed by atoms with van der Waals surface area (Å²) >= 11 is 6.42.